The van der Waals surface area contributed by atoms with Crippen molar-refractivity contribution in [2.45, 2.75) is 25.7 Å². The Morgan fingerprint density at radius 2 is 1.64 bits per heavy atom. The standard InChI is InChI=1S/C23H21N3O2/c1-14-12-15(13-14)21-24-22-19(23(28)26(21)16-8-4-3-5-9-16)20(27)17-10-6-7-11-18(17)25(22)2/h3-11,14-15H,12-13H2,1-2H3. The van der Waals surface area contributed by atoms with Crippen LogP contribution in [0.4, 0.5) is 0 Å². The molecule has 0 spiro atoms. The highest BCUT2D eigenvalue weighted by Crippen LogP contribution is 2.40. The van der Waals surface area contributed by atoms with E-state index in [1.165, 1.54) is 0 Å². The predicted octanol–water partition coefficient (Wildman–Crippen LogP) is 3.75. The van der Waals surface area contributed by atoms with Crippen molar-refractivity contribution in [3.8, 4) is 5.69 Å². The van der Waals surface area contributed by atoms with Crippen LogP contribution in [0, 0.1) is 5.92 Å². The van der Waals surface area contributed by atoms with E-state index in [-0.39, 0.29) is 22.3 Å². The van der Waals surface area contributed by atoms with Gasteiger partial charge < -0.3 is 4.57 Å². The van der Waals surface area contributed by atoms with Crippen LogP contribution in [0.15, 0.2) is 64.2 Å². The lowest BCUT2D eigenvalue weighted by atomic mass is 9.75. The molecule has 1 saturated carbocycles. The Balaban J connectivity index is 1.95. The molecule has 2 aromatic carbocycles. The first kappa shape index (κ1) is 16.9. The lowest BCUT2D eigenvalue weighted by molar-refractivity contribution is 0.274. The Kier molecular flexibility index (Phi) is 3.72. The molecule has 0 saturated heterocycles. The minimum atomic E-state index is -0.280. The summed E-state index contributed by atoms with van der Waals surface area (Å²) >= 11 is 0. The third-order valence-electron chi connectivity index (χ3n) is 5.90. The van der Waals surface area contributed by atoms with Crippen molar-refractivity contribution in [1.29, 1.82) is 0 Å². The molecule has 0 N–H and O–H groups in total. The van der Waals surface area contributed by atoms with Crippen LogP contribution in [0.2, 0.25) is 0 Å². The maximum atomic E-state index is 13.6. The number of aromatic nitrogens is 3. The molecular weight excluding hydrogens is 350 g/mol. The molecule has 1 aliphatic rings. The van der Waals surface area contributed by atoms with Crippen LogP contribution in [0.3, 0.4) is 0 Å². The molecular formula is C23H21N3O2. The second kappa shape index (κ2) is 6.16. The second-order valence-corrected chi connectivity index (χ2v) is 7.82. The van der Waals surface area contributed by atoms with Gasteiger partial charge >= 0.3 is 0 Å². The minimum absolute atomic E-state index is 0.154. The quantitative estimate of drug-likeness (QED) is 0.504. The van der Waals surface area contributed by atoms with Crippen LogP contribution in [0.5, 0.6) is 0 Å². The molecule has 0 unspecified atom stereocenters. The number of hydrogen-bond donors (Lipinski definition) is 0. The highest BCUT2D eigenvalue weighted by atomic mass is 16.1. The summed E-state index contributed by atoms with van der Waals surface area (Å²) in [6.07, 6.45) is 2.01. The number of pyridine rings is 1. The third-order valence-corrected chi connectivity index (χ3v) is 5.90. The van der Waals surface area contributed by atoms with Gasteiger partial charge in [0.2, 0.25) is 5.43 Å². The molecule has 2 heterocycles. The van der Waals surface area contributed by atoms with Gasteiger partial charge in [0.25, 0.3) is 5.56 Å². The highest BCUT2D eigenvalue weighted by Gasteiger charge is 2.32. The Labute approximate surface area is 161 Å². The first-order valence-electron chi connectivity index (χ1n) is 9.66. The van der Waals surface area contributed by atoms with Crippen LogP contribution in [-0.2, 0) is 7.05 Å². The smallest absolute Gasteiger partial charge is 0.271 e. The van der Waals surface area contributed by atoms with Crippen molar-refractivity contribution in [1.82, 2.24) is 14.1 Å². The van der Waals surface area contributed by atoms with E-state index in [9.17, 15) is 9.59 Å². The van der Waals surface area contributed by atoms with Gasteiger partial charge in [-0.3, -0.25) is 14.2 Å². The van der Waals surface area contributed by atoms with E-state index in [4.69, 9.17) is 4.98 Å². The summed E-state index contributed by atoms with van der Waals surface area (Å²) in [5.41, 5.74) is 1.48. The fourth-order valence-corrected chi connectivity index (χ4v) is 4.39. The van der Waals surface area contributed by atoms with Crippen LogP contribution >= 0.6 is 0 Å². The number of hydrogen-bond acceptors (Lipinski definition) is 3. The molecule has 140 valence electrons. The molecule has 0 radical (unpaired) electrons. The second-order valence-electron chi connectivity index (χ2n) is 7.82. The van der Waals surface area contributed by atoms with Crippen molar-refractivity contribution >= 4 is 21.9 Å². The van der Waals surface area contributed by atoms with E-state index in [0.717, 1.165) is 29.9 Å². The number of rotatable bonds is 2. The summed E-state index contributed by atoms with van der Waals surface area (Å²) in [6.45, 7) is 2.21. The van der Waals surface area contributed by atoms with Crippen molar-refractivity contribution in [3.63, 3.8) is 0 Å². The molecule has 5 nitrogen and oxygen atoms in total. The Hall–Kier alpha value is -3.21. The summed E-state index contributed by atoms with van der Waals surface area (Å²) in [7, 11) is 1.87. The van der Waals surface area contributed by atoms with Gasteiger partial charge in [0.05, 0.1) is 11.2 Å². The van der Waals surface area contributed by atoms with E-state index < -0.39 is 0 Å². The lowest BCUT2D eigenvalue weighted by Crippen LogP contribution is -2.33. The maximum absolute atomic E-state index is 13.6. The minimum Gasteiger partial charge on any atom is -0.328 e. The van der Waals surface area contributed by atoms with Gasteiger partial charge in [-0.25, -0.2) is 4.98 Å². The average molecular weight is 371 g/mol. The molecule has 5 heteroatoms. The van der Waals surface area contributed by atoms with Crippen LogP contribution in [0.25, 0.3) is 27.6 Å². The zero-order chi connectivity index (χ0) is 19.4. The molecule has 0 amide bonds. The fourth-order valence-electron chi connectivity index (χ4n) is 4.39. The van der Waals surface area contributed by atoms with E-state index >= 15 is 0 Å². The van der Waals surface area contributed by atoms with Gasteiger partial charge in [-0.15, -0.1) is 0 Å². The zero-order valence-electron chi connectivity index (χ0n) is 15.9. The van der Waals surface area contributed by atoms with E-state index in [0.29, 0.717) is 17.0 Å². The monoisotopic (exact) mass is 371 g/mol. The molecule has 0 aliphatic heterocycles. The maximum Gasteiger partial charge on any atom is 0.271 e. The number of aryl methyl sites for hydroxylation is 1. The van der Waals surface area contributed by atoms with E-state index in [1.54, 1.807) is 10.6 Å². The molecule has 5 rings (SSSR count). The van der Waals surface area contributed by atoms with Gasteiger partial charge in [0.1, 0.15) is 11.2 Å². The van der Waals surface area contributed by atoms with Crippen LogP contribution in [0.1, 0.15) is 31.5 Å². The lowest BCUT2D eigenvalue weighted by Gasteiger charge is -2.33. The Morgan fingerprint density at radius 1 is 0.964 bits per heavy atom. The normalized spacial score (nSPS) is 19.1. The average Bonchev–Trinajstić information content (AvgIpc) is 2.69. The molecule has 1 fully saturated rings. The topological polar surface area (TPSA) is 56.9 Å². The van der Waals surface area contributed by atoms with Gasteiger partial charge in [-0.1, -0.05) is 37.3 Å². The van der Waals surface area contributed by atoms with Crippen molar-refractivity contribution in [2.75, 3.05) is 0 Å². The first-order valence-corrected chi connectivity index (χ1v) is 9.66. The number of para-hydroxylation sites is 2. The van der Waals surface area contributed by atoms with Crippen LogP contribution < -0.4 is 11.0 Å². The Morgan fingerprint density at radius 3 is 2.36 bits per heavy atom. The van der Waals surface area contributed by atoms with Gasteiger partial charge in [0.15, 0.2) is 5.65 Å². The zero-order valence-corrected chi connectivity index (χ0v) is 15.9. The molecule has 28 heavy (non-hydrogen) atoms. The predicted molar refractivity (Wildman–Crippen MR) is 111 cm³/mol. The van der Waals surface area contributed by atoms with Gasteiger partial charge in [-0.05, 0) is 43.0 Å². The van der Waals surface area contributed by atoms with Crippen molar-refractivity contribution in [2.24, 2.45) is 13.0 Å². The van der Waals surface area contributed by atoms with E-state index in [1.807, 2.05) is 60.1 Å². The highest BCUT2D eigenvalue weighted by molar-refractivity contribution is 5.91. The third kappa shape index (κ3) is 2.35. The molecule has 0 bridgehead atoms. The SMILES string of the molecule is CC1CC(c2nc3c(c(=O)c4ccccc4n3C)c(=O)n2-c2ccccc2)C1. The molecule has 1 aliphatic carbocycles. The van der Waals surface area contributed by atoms with Gasteiger partial charge in [-0.2, -0.15) is 0 Å². The summed E-state index contributed by atoms with van der Waals surface area (Å²) in [4.78, 5) is 31.7. The van der Waals surface area contributed by atoms with Crippen LogP contribution in [-0.4, -0.2) is 14.1 Å². The van der Waals surface area contributed by atoms with Crippen molar-refractivity contribution < 1.29 is 0 Å². The summed E-state index contributed by atoms with van der Waals surface area (Å²) in [5.74, 6) is 1.61. The largest absolute Gasteiger partial charge is 0.328 e. The first-order chi connectivity index (χ1) is 13.6. The molecule has 4 aromatic rings. The summed E-state index contributed by atoms with van der Waals surface area (Å²) < 4.78 is 3.52. The van der Waals surface area contributed by atoms with Gasteiger partial charge in [0, 0.05) is 18.4 Å². The number of benzene rings is 2. The Bertz CT molecular complexity index is 1330. The summed E-state index contributed by atoms with van der Waals surface area (Å²) in [6, 6.07) is 16.9. The van der Waals surface area contributed by atoms with Crippen molar-refractivity contribution in [3.05, 3.63) is 81.0 Å². The number of nitrogens with zero attached hydrogens (tertiary/aromatic N) is 3. The fraction of sp³-hybridized carbons (Fsp3) is 0.261. The summed E-state index contributed by atoms with van der Waals surface area (Å²) in [5, 5.41) is 0.696. The number of fused-ring (bicyclic) bond motifs is 2. The molecule has 2 aromatic heterocycles. The van der Waals surface area contributed by atoms with E-state index in [2.05, 4.69) is 6.92 Å². The molecule has 0 atom stereocenters.